The van der Waals surface area contributed by atoms with E-state index in [0.717, 1.165) is 37.0 Å². The Morgan fingerprint density at radius 2 is 1.85 bits per heavy atom. The van der Waals surface area contributed by atoms with Gasteiger partial charge < -0.3 is 10.1 Å². The molecule has 6 nitrogen and oxygen atoms in total. The van der Waals surface area contributed by atoms with Crippen molar-refractivity contribution < 1.29 is 9.53 Å². The van der Waals surface area contributed by atoms with E-state index < -0.39 is 0 Å². The molecule has 1 fully saturated rings. The maximum absolute atomic E-state index is 12.8. The van der Waals surface area contributed by atoms with Crippen LogP contribution in [0.2, 0.25) is 0 Å². The lowest BCUT2D eigenvalue weighted by Gasteiger charge is -2.24. The van der Waals surface area contributed by atoms with Crippen LogP contribution in [0.15, 0.2) is 29.1 Å². The predicted octanol–water partition coefficient (Wildman–Crippen LogP) is 3.46. The van der Waals surface area contributed by atoms with Crippen molar-refractivity contribution in [1.29, 1.82) is 0 Å². The number of hydrogen-bond donors (Lipinski definition) is 2. The third-order valence-electron chi connectivity index (χ3n) is 5.22. The number of rotatable bonds is 3. The van der Waals surface area contributed by atoms with Crippen molar-refractivity contribution in [2.75, 3.05) is 18.2 Å². The van der Waals surface area contributed by atoms with E-state index in [1.807, 2.05) is 28.9 Å². The van der Waals surface area contributed by atoms with Crippen LogP contribution >= 0.6 is 11.8 Å². The largest absolute Gasteiger partial charge is 0.497 e. The predicted molar refractivity (Wildman–Crippen MR) is 103 cm³/mol. The molecule has 1 amide bonds. The first-order valence-corrected chi connectivity index (χ1v) is 10.1. The Bertz CT molecular complexity index is 850. The molecule has 1 saturated carbocycles. The molecule has 4 rings (SSSR count). The average molecular weight is 373 g/mol. The molecule has 1 aliphatic heterocycles. The molecule has 7 heteroatoms. The molecular formula is C19H23N3O3S. The summed E-state index contributed by atoms with van der Waals surface area (Å²) in [5.74, 6) is 1.69. The molecule has 2 aliphatic rings. The molecule has 138 valence electrons. The minimum atomic E-state index is -0.177. The standard InChI is InChI=1S/C19H23N3O3S/c1-25-14-9-7-12(8-10-14)17-16-18(20-15(23)11-26-17)22(21-19(16)24)13-5-3-2-4-6-13/h7-10,13,17H,2-6,11H2,1H3,(H,20,23)(H,21,24)/t17-/m1/s1. The van der Waals surface area contributed by atoms with Crippen molar-refractivity contribution in [3.05, 3.63) is 45.7 Å². The van der Waals surface area contributed by atoms with Crippen molar-refractivity contribution in [3.8, 4) is 5.75 Å². The minimum absolute atomic E-state index is 0.0594. The van der Waals surface area contributed by atoms with Crippen molar-refractivity contribution in [1.82, 2.24) is 9.78 Å². The van der Waals surface area contributed by atoms with Gasteiger partial charge in [0, 0.05) is 0 Å². The minimum Gasteiger partial charge on any atom is -0.497 e. The van der Waals surface area contributed by atoms with Crippen LogP contribution in [0.4, 0.5) is 5.82 Å². The number of thioether (sulfide) groups is 1. The summed E-state index contributed by atoms with van der Waals surface area (Å²) in [4.78, 5) is 25.1. The van der Waals surface area contributed by atoms with Crippen LogP contribution in [0.25, 0.3) is 0 Å². The van der Waals surface area contributed by atoms with Crippen molar-refractivity contribution >= 4 is 23.5 Å². The molecule has 0 bridgehead atoms. The van der Waals surface area contributed by atoms with Gasteiger partial charge in [-0.1, -0.05) is 31.4 Å². The summed E-state index contributed by atoms with van der Waals surface area (Å²) < 4.78 is 7.14. The van der Waals surface area contributed by atoms with E-state index in [4.69, 9.17) is 4.74 Å². The third-order valence-corrected chi connectivity index (χ3v) is 6.49. The summed E-state index contributed by atoms with van der Waals surface area (Å²) in [7, 11) is 1.63. The van der Waals surface area contributed by atoms with E-state index in [9.17, 15) is 9.59 Å². The van der Waals surface area contributed by atoms with E-state index in [1.54, 1.807) is 7.11 Å². The quantitative estimate of drug-likeness (QED) is 0.864. The molecule has 0 radical (unpaired) electrons. The number of anilines is 1. The number of aromatic amines is 1. The molecule has 2 aromatic rings. The Hall–Kier alpha value is -2.15. The number of amides is 1. The number of nitrogens with zero attached hydrogens (tertiary/aromatic N) is 1. The van der Waals surface area contributed by atoms with Crippen LogP contribution in [-0.4, -0.2) is 28.6 Å². The molecule has 2 heterocycles. The molecule has 1 aliphatic carbocycles. The highest BCUT2D eigenvalue weighted by atomic mass is 32.2. The van der Waals surface area contributed by atoms with Gasteiger partial charge in [-0.15, -0.1) is 11.8 Å². The molecule has 26 heavy (non-hydrogen) atoms. The Morgan fingerprint density at radius 3 is 2.54 bits per heavy atom. The van der Waals surface area contributed by atoms with Gasteiger partial charge in [0.05, 0.1) is 29.7 Å². The molecule has 0 saturated heterocycles. The maximum Gasteiger partial charge on any atom is 0.270 e. The lowest BCUT2D eigenvalue weighted by atomic mass is 9.95. The van der Waals surface area contributed by atoms with Crippen LogP contribution < -0.4 is 15.6 Å². The number of hydrogen-bond acceptors (Lipinski definition) is 4. The van der Waals surface area contributed by atoms with Crippen LogP contribution in [0.3, 0.4) is 0 Å². The zero-order valence-corrected chi connectivity index (χ0v) is 15.6. The molecule has 2 N–H and O–H groups in total. The second kappa shape index (κ2) is 7.23. The van der Waals surface area contributed by atoms with Crippen LogP contribution in [0.5, 0.6) is 5.75 Å². The summed E-state index contributed by atoms with van der Waals surface area (Å²) in [6.45, 7) is 0. The van der Waals surface area contributed by atoms with E-state index >= 15 is 0 Å². The normalized spacial score (nSPS) is 21.0. The fourth-order valence-electron chi connectivity index (χ4n) is 3.90. The second-order valence-electron chi connectivity index (χ2n) is 6.88. The van der Waals surface area contributed by atoms with Crippen LogP contribution in [-0.2, 0) is 4.79 Å². The van der Waals surface area contributed by atoms with Gasteiger partial charge in [0.2, 0.25) is 5.91 Å². The molecule has 1 aromatic carbocycles. The Labute approximate surface area is 156 Å². The summed E-state index contributed by atoms with van der Waals surface area (Å²) in [6, 6.07) is 7.96. The van der Waals surface area contributed by atoms with E-state index in [1.165, 1.54) is 18.2 Å². The summed E-state index contributed by atoms with van der Waals surface area (Å²) in [6.07, 6.45) is 5.62. The highest BCUT2D eigenvalue weighted by molar-refractivity contribution is 8.00. The number of carbonyl (C=O) groups excluding carboxylic acids is 1. The van der Waals surface area contributed by atoms with E-state index in [-0.39, 0.29) is 22.8 Å². The van der Waals surface area contributed by atoms with Crippen molar-refractivity contribution in [2.45, 2.75) is 43.4 Å². The van der Waals surface area contributed by atoms with E-state index in [0.29, 0.717) is 17.1 Å². The lowest BCUT2D eigenvalue weighted by molar-refractivity contribution is -0.113. The van der Waals surface area contributed by atoms with Crippen molar-refractivity contribution in [3.63, 3.8) is 0 Å². The lowest BCUT2D eigenvalue weighted by Crippen LogP contribution is -2.21. The Morgan fingerprint density at radius 1 is 1.12 bits per heavy atom. The number of benzene rings is 1. The number of aromatic nitrogens is 2. The highest BCUT2D eigenvalue weighted by Gasteiger charge is 2.32. The van der Waals surface area contributed by atoms with Crippen LogP contribution in [0, 0.1) is 0 Å². The van der Waals surface area contributed by atoms with Gasteiger partial charge in [-0.2, -0.15) is 0 Å². The Kier molecular flexibility index (Phi) is 4.80. The first kappa shape index (κ1) is 17.3. The van der Waals surface area contributed by atoms with Gasteiger partial charge >= 0.3 is 0 Å². The number of carbonyl (C=O) groups is 1. The molecule has 0 unspecified atom stereocenters. The van der Waals surface area contributed by atoms with E-state index in [2.05, 4.69) is 10.4 Å². The van der Waals surface area contributed by atoms with Gasteiger partial charge in [0.15, 0.2) is 0 Å². The SMILES string of the molecule is COc1ccc([C@H]2SCC(=O)Nc3c2c(=O)[nH]n3C2CCCCC2)cc1. The highest BCUT2D eigenvalue weighted by Crippen LogP contribution is 2.41. The number of methoxy groups -OCH3 is 1. The average Bonchev–Trinajstić information content (AvgIpc) is 2.88. The molecule has 0 spiro atoms. The summed E-state index contributed by atoms with van der Waals surface area (Å²) >= 11 is 1.49. The number of ether oxygens (including phenoxy) is 1. The third kappa shape index (κ3) is 3.16. The van der Waals surface area contributed by atoms with Gasteiger partial charge in [-0.3, -0.25) is 19.4 Å². The molecule has 1 aromatic heterocycles. The summed E-state index contributed by atoms with van der Waals surface area (Å²) in [5.41, 5.74) is 1.54. The van der Waals surface area contributed by atoms with Gasteiger partial charge in [0.1, 0.15) is 11.6 Å². The first-order chi connectivity index (χ1) is 12.7. The number of nitrogens with one attached hydrogen (secondary N) is 2. The van der Waals surface area contributed by atoms with Gasteiger partial charge in [-0.25, -0.2) is 0 Å². The fourth-order valence-corrected chi connectivity index (χ4v) is 5.02. The zero-order valence-electron chi connectivity index (χ0n) is 14.8. The molecule has 1 atom stereocenters. The fraction of sp³-hybridized carbons (Fsp3) is 0.474. The Balaban J connectivity index is 1.78. The summed E-state index contributed by atoms with van der Waals surface area (Å²) in [5, 5.41) is 5.81. The molecular weight excluding hydrogens is 350 g/mol. The topological polar surface area (TPSA) is 76.1 Å². The van der Waals surface area contributed by atoms with Crippen LogP contribution in [0.1, 0.15) is 54.5 Å². The smallest absolute Gasteiger partial charge is 0.270 e. The zero-order chi connectivity index (χ0) is 18.1. The first-order valence-electron chi connectivity index (χ1n) is 9.07. The second-order valence-corrected chi connectivity index (χ2v) is 7.97. The van der Waals surface area contributed by atoms with Crippen molar-refractivity contribution in [2.24, 2.45) is 0 Å². The van der Waals surface area contributed by atoms with Gasteiger partial charge in [-0.05, 0) is 30.5 Å². The number of fused-ring (bicyclic) bond motifs is 1. The number of H-pyrrole nitrogens is 1. The maximum atomic E-state index is 12.8. The van der Waals surface area contributed by atoms with Gasteiger partial charge in [0.25, 0.3) is 5.56 Å². The monoisotopic (exact) mass is 373 g/mol.